The maximum absolute atomic E-state index is 13.9. The van der Waals surface area contributed by atoms with Gasteiger partial charge in [0.1, 0.15) is 50.6 Å². The predicted molar refractivity (Wildman–Crippen MR) is 224 cm³/mol. The SMILES string of the molecule is COC(=O)C(C)(C)NC(=O)[C@H]1NC(=O)C(C)(C)NC(=O)C(C)(C)NC(=O)[C@@H](NC(=O)C(C)(C)NC(=O)C(C)(C)NC(=O)C(C)(C)NC(=O)OC(C)(C)C)CCCn2cc(nn2)CO1. The largest absolute Gasteiger partial charge is 0.467 e. The van der Waals surface area contributed by atoms with Crippen molar-refractivity contribution in [3.63, 3.8) is 0 Å². The van der Waals surface area contributed by atoms with E-state index in [1.807, 2.05) is 0 Å². The summed E-state index contributed by atoms with van der Waals surface area (Å²) in [5, 5.41) is 28.6. The lowest BCUT2D eigenvalue weighted by Crippen LogP contribution is -2.67. The van der Waals surface area contributed by atoms with Gasteiger partial charge in [-0.05, 0) is 117 Å². The first-order valence-electron chi connectivity index (χ1n) is 20.3. The quantitative estimate of drug-likeness (QED) is 0.137. The molecule has 2 bridgehead atoms. The summed E-state index contributed by atoms with van der Waals surface area (Å²) in [6.07, 6.45) is -0.795. The summed E-state index contributed by atoms with van der Waals surface area (Å²) in [4.78, 5) is 120. The summed E-state index contributed by atoms with van der Waals surface area (Å²) in [7, 11) is 1.15. The van der Waals surface area contributed by atoms with Gasteiger partial charge in [0.2, 0.25) is 41.7 Å². The van der Waals surface area contributed by atoms with E-state index in [0.717, 1.165) is 7.11 Å². The van der Waals surface area contributed by atoms with Crippen LogP contribution >= 0.6 is 0 Å². The number of nitrogens with one attached hydrogen (secondary N) is 8. The van der Waals surface area contributed by atoms with Gasteiger partial charge in [0.25, 0.3) is 5.91 Å². The van der Waals surface area contributed by atoms with Gasteiger partial charge in [-0.3, -0.25) is 38.2 Å². The third kappa shape index (κ3) is 15.5. The molecule has 0 saturated heterocycles. The van der Waals surface area contributed by atoms with E-state index in [0.29, 0.717) is 0 Å². The van der Waals surface area contributed by atoms with Crippen molar-refractivity contribution >= 4 is 53.4 Å². The molecule has 63 heavy (non-hydrogen) atoms. The first-order chi connectivity index (χ1) is 28.4. The number of rotatable bonds is 10. The highest BCUT2D eigenvalue weighted by molar-refractivity contribution is 6.01. The molecule has 0 fully saturated rings. The standard InChI is InChI=1S/C40H67N11O12/c1-34(2,3)63-33(60)48-39(12,13)31(58)47-38(10,11)30(57)46-35(4,5)27(54)41-23-18-17-19-51-20-22(49-50-51)21-62-26(25(53)44-40(14,15)32(59)61-16)42-28(55)36(6,7)45-29(56)37(8,9)43-24(23)52/h20,23,26H,17-19,21H2,1-16H3,(H,41,54)(H,42,55)(H,43,52)(H,44,53)(H,45,56)(H,46,57)(H,47,58)(H,48,60)/t23-,26-/m0/s1. The number of amides is 8. The zero-order valence-corrected chi connectivity index (χ0v) is 39.3. The molecule has 2 atom stereocenters. The highest BCUT2D eigenvalue weighted by atomic mass is 16.6. The van der Waals surface area contributed by atoms with Crippen LogP contribution in [0.3, 0.4) is 0 Å². The summed E-state index contributed by atoms with van der Waals surface area (Å²) in [6, 6.07) is -1.27. The number of fused-ring (bicyclic) bond motifs is 2. The summed E-state index contributed by atoms with van der Waals surface area (Å²) < 4.78 is 17.2. The van der Waals surface area contributed by atoms with Gasteiger partial charge in [-0.25, -0.2) is 9.59 Å². The molecule has 1 aliphatic heterocycles. The minimum Gasteiger partial charge on any atom is -0.467 e. The van der Waals surface area contributed by atoms with E-state index in [4.69, 9.17) is 14.2 Å². The molecule has 23 heteroatoms. The molecule has 0 aliphatic carbocycles. The van der Waals surface area contributed by atoms with Gasteiger partial charge in [0.15, 0.2) is 0 Å². The van der Waals surface area contributed by atoms with Crippen LogP contribution in [0.4, 0.5) is 4.79 Å². The van der Waals surface area contributed by atoms with Gasteiger partial charge < -0.3 is 56.7 Å². The van der Waals surface area contributed by atoms with Crippen LogP contribution in [0.2, 0.25) is 0 Å². The number of ether oxygens (including phenoxy) is 3. The van der Waals surface area contributed by atoms with E-state index >= 15 is 0 Å². The smallest absolute Gasteiger partial charge is 0.408 e. The number of methoxy groups -OCH3 is 1. The van der Waals surface area contributed by atoms with Crippen molar-refractivity contribution in [3.8, 4) is 0 Å². The Bertz CT molecular complexity index is 1930. The highest BCUT2D eigenvalue weighted by Gasteiger charge is 2.43. The number of alkyl carbamates (subject to hydrolysis) is 1. The van der Waals surface area contributed by atoms with Crippen LogP contribution in [0, 0.1) is 0 Å². The summed E-state index contributed by atoms with van der Waals surface area (Å²) in [5.41, 5.74) is -10.3. The summed E-state index contributed by atoms with van der Waals surface area (Å²) in [5.74, 6) is -6.43. The van der Waals surface area contributed by atoms with Crippen molar-refractivity contribution in [2.24, 2.45) is 0 Å². The molecule has 1 aromatic rings. The Morgan fingerprint density at radius 3 is 1.81 bits per heavy atom. The Hall–Kier alpha value is -5.87. The van der Waals surface area contributed by atoms with Crippen molar-refractivity contribution in [2.75, 3.05) is 7.11 Å². The maximum Gasteiger partial charge on any atom is 0.408 e. The number of hydrogen-bond donors (Lipinski definition) is 8. The zero-order valence-electron chi connectivity index (χ0n) is 39.3. The van der Waals surface area contributed by atoms with Gasteiger partial charge >= 0.3 is 12.1 Å². The van der Waals surface area contributed by atoms with Crippen molar-refractivity contribution < 1.29 is 57.4 Å². The molecule has 8 amide bonds. The first-order valence-corrected chi connectivity index (χ1v) is 20.3. The molecule has 23 nitrogen and oxygen atoms in total. The predicted octanol–water partition coefficient (Wildman–Crippen LogP) is -0.534. The van der Waals surface area contributed by atoms with Gasteiger partial charge in [-0.1, -0.05) is 5.21 Å². The molecule has 0 aromatic carbocycles. The Labute approximate surface area is 367 Å². The minimum atomic E-state index is -1.72. The van der Waals surface area contributed by atoms with Crippen LogP contribution in [-0.4, -0.2) is 127 Å². The number of carbonyl (C=O) groups is 9. The molecule has 0 unspecified atom stereocenters. The van der Waals surface area contributed by atoms with Crippen molar-refractivity contribution in [1.82, 2.24) is 57.5 Å². The van der Waals surface area contributed by atoms with Gasteiger partial charge in [-0.2, -0.15) is 0 Å². The van der Waals surface area contributed by atoms with E-state index in [9.17, 15) is 43.2 Å². The fourth-order valence-electron chi connectivity index (χ4n) is 5.47. The second-order valence-electron chi connectivity index (χ2n) is 19.5. The average molecular weight is 894 g/mol. The zero-order chi connectivity index (χ0) is 48.7. The third-order valence-corrected chi connectivity index (χ3v) is 9.48. The monoisotopic (exact) mass is 893 g/mol. The lowest BCUT2D eigenvalue weighted by molar-refractivity contribution is -0.153. The minimum absolute atomic E-state index is 0.00159. The number of nitrogens with zero attached hydrogens (tertiary/aromatic N) is 3. The van der Waals surface area contributed by atoms with Gasteiger partial charge in [0, 0.05) is 6.54 Å². The second kappa shape index (κ2) is 19.7. The number of carbonyl (C=O) groups excluding carboxylic acids is 9. The van der Waals surface area contributed by atoms with E-state index in [1.165, 1.54) is 94.0 Å². The highest BCUT2D eigenvalue weighted by Crippen LogP contribution is 2.17. The average Bonchev–Trinajstić information content (AvgIpc) is 3.57. The Morgan fingerprint density at radius 1 is 0.746 bits per heavy atom. The van der Waals surface area contributed by atoms with Gasteiger partial charge in [0.05, 0.1) is 19.9 Å². The molecule has 8 N–H and O–H groups in total. The molecule has 0 radical (unpaired) electrons. The molecular weight excluding hydrogens is 827 g/mol. The molecule has 0 spiro atoms. The van der Waals surface area contributed by atoms with Crippen molar-refractivity contribution in [1.29, 1.82) is 0 Å². The fraction of sp³-hybridized carbons (Fsp3) is 0.725. The summed E-state index contributed by atoms with van der Waals surface area (Å²) >= 11 is 0. The first kappa shape index (κ1) is 53.3. The van der Waals surface area contributed by atoms with Crippen LogP contribution in [0.15, 0.2) is 6.20 Å². The normalized spacial score (nSPS) is 19.3. The number of esters is 1. The van der Waals surface area contributed by atoms with Crippen LogP contribution in [-0.2, 0) is 65.7 Å². The Kier molecular flexibility index (Phi) is 16.6. The van der Waals surface area contributed by atoms with Crippen LogP contribution in [0.1, 0.15) is 122 Å². The molecule has 0 saturated carbocycles. The summed E-state index contributed by atoms with van der Waals surface area (Å²) in [6.45, 7) is 21.5. The van der Waals surface area contributed by atoms with Gasteiger partial charge in [-0.15, -0.1) is 5.10 Å². The second-order valence-corrected chi connectivity index (χ2v) is 19.5. The molecule has 354 valence electrons. The number of hydrogen-bond acceptors (Lipinski definition) is 14. The van der Waals surface area contributed by atoms with Crippen LogP contribution in [0.5, 0.6) is 0 Å². The van der Waals surface area contributed by atoms with Crippen molar-refractivity contribution in [3.05, 3.63) is 11.9 Å². The Morgan fingerprint density at radius 2 is 1.27 bits per heavy atom. The topological polar surface area (TPSA) is 308 Å². The molecule has 2 heterocycles. The molecule has 1 aliphatic rings. The molecular formula is C40H67N11O12. The van der Waals surface area contributed by atoms with E-state index in [1.54, 1.807) is 20.8 Å². The van der Waals surface area contributed by atoms with Crippen molar-refractivity contribution in [2.45, 2.75) is 181 Å². The van der Waals surface area contributed by atoms with E-state index in [2.05, 4.69) is 52.8 Å². The third-order valence-electron chi connectivity index (χ3n) is 9.48. The van der Waals surface area contributed by atoms with Crippen LogP contribution < -0.4 is 42.5 Å². The number of aryl methyl sites for hydroxylation is 1. The fourth-order valence-corrected chi connectivity index (χ4v) is 5.47. The lowest BCUT2D eigenvalue weighted by Gasteiger charge is -2.36. The lowest BCUT2D eigenvalue weighted by atomic mass is 9.96. The number of aromatic nitrogens is 3. The maximum atomic E-state index is 13.9. The van der Waals surface area contributed by atoms with Crippen LogP contribution in [0.25, 0.3) is 0 Å². The van der Waals surface area contributed by atoms with E-state index < -0.39 is 105 Å². The Balaban J connectivity index is 2.35. The molecule has 1 aromatic heterocycles. The molecule has 2 rings (SSSR count). The van der Waals surface area contributed by atoms with E-state index in [-0.39, 0.29) is 31.7 Å².